The summed E-state index contributed by atoms with van der Waals surface area (Å²) in [6, 6.07) is 0. The van der Waals surface area contributed by atoms with E-state index in [1.54, 1.807) is 0 Å². The van der Waals surface area contributed by atoms with E-state index in [1.807, 2.05) is 0 Å². The molecular formula is C14H24N2OS. The first-order valence-electron chi connectivity index (χ1n) is 7.40. The Morgan fingerprint density at radius 3 is 2.22 bits per heavy atom. The lowest BCUT2D eigenvalue weighted by Gasteiger charge is -2.42. The van der Waals surface area contributed by atoms with Crippen molar-refractivity contribution in [3.8, 4) is 0 Å². The van der Waals surface area contributed by atoms with Crippen molar-refractivity contribution in [2.45, 2.75) is 56.6 Å². The van der Waals surface area contributed by atoms with E-state index in [4.69, 9.17) is 0 Å². The molecular weight excluding hydrogens is 244 g/mol. The summed E-state index contributed by atoms with van der Waals surface area (Å²) in [5, 5.41) is 3.46. The van der Waals surface area contributed by atoms with Gasteiger partial charge in [-0.3, -0.25) is 0 Å². The molecule has 3 aliphatic rings. The molecule has 102 valence electrons. The van der Waals surface area contributed by atoms with E-state index in [0.29, 0.717) is 5.41 Å². The van der Waals surface area contributed by atoms with E-state index in [0.717, 1.165) is 24.9 Å². The number of hydrogen-bond donors (Lipinski definition) is 1. The van der Waals surface area contributed by atoms with Gasteiger partial charge in [-0.15, -0.1) is 4.91 Å². The summed E-state index contributed by atoms with van der Waals surface area (Å²) in [7, 11) is 0. The summed E-state index contributed by atoms with van der Waals surface area (Å²) in [6.45, 7) is 4.71. The first kappa shape index (κ1) is 12.9. The van der Waals surface area contributed by atoms with Gasteiger partial charge in [-0.05, 0) is 75.3 Å². The molecule has 3 rings (SSSR count). The SMILES string of the molecule is CC1(CC(SN=O)(C2CC2)C2CC2)CCNCC1. The number of rotatable bonds is 6. The lowest BCUT2D eigenvalue weighted by molar-refractivity contribution is 0.170. The van der Waals surface area contributed by atoms with Gasteiger partial charge in [0.1, 0.15) is 0 Å². The number of nitroso groups, excluding NO2 is 1. The Morgan fingerprint density at radius 2 is 1.78 bits per heavy atom. The average molecular weight is 268 g/mol. The van der Waals surface area contributed by atoms with E-state index in [2.05, 4.69) is 16.8 Å². The van der Waals surface area contributed by atoms with Crippen LogP contribution in [0.25, 0.3) is 0 Å². The van der Waals surface area contributed by atoms with Crippen molar-refractivity contribution in [3.05, 3.63) is 4.91 Å². The van der Waals surface area contributed by atoms with Crippen LogP contribution in [0.4, 0.5) is 0 Å². The van der Waals surface area contributed by atoms with Gasteiger partial charge in [0.25, 0.3) is 0 Å². The van der Waals surface area contributed by atoms with Gasteiger partial charge in [0.05, 0.1) is 0 Å². The van der Waals surface area contributed by atoms with Crippen molar-refractivity contribution >= 4 is 11.9 Å². The number of nitrogens with zero attached hydrogens (tertiary/aromatic N) is 1. The molecule has 1 heterocycles. The summed E-state index contributed by atoms with van der Waals surface area (Å²) in [5.41, 5.74) is 0.425. The molecule has 3 fully saturated rings. The summed E-state index contributed by atoms with van der Waals surface area (Å²) in [6.07, 6.45) is 9.04. The van der Waals surface area contributed by atoms with E-state index in [1.165, 1.54) is 56.9 Å². The number of hydrogen-bond acceptors (Lipinski definition) is 4. The van der Waals surface area contributed by atoms with Gasteiger partial charge < -0.3 is 5.32 Å². The molecule has 0 aromatic carbocycles. The standard InChI is InChI=1S/C14H24N2OS/c1-13(6-8-15-9-7-13)10-14(18-16-17,11-2-3-11)12-4-5-12/h11-12,15H,2-10H2,1H3. The van der Waals surface area contributed by atoms with Crippen LogP contribution in [-0.4, -0.2) is 17.8 Å². The smallest absolute Gasteiger partial charge is 0.0473 e. The third-order valence-electron chi connectivity index (χ3n) is 5.26. The molecule has 18 heavy (non-hydrogen) atoms. The van der Waals surface area contributed by atoms with E-state index < -0.39 is 0 Å². The van der Waals surface area contributed by atoms with Crippen LogP contribution in [0.1, 0.15) is 51.9 Å². The Hall–Kier alpha value is -0.0900. The zero-order chi connectivity index (χ0) is 12.6. The Morgan fingerprint density at radius 1 is 1.22 bits per heavy atom. The van der Waals surface area contributed by atoms with E-state index >= 15 is 0 Å². The largest absolute Gasteiger partial charge is 0.317 e. The van der Waals surface area contributed by atoms with Crippen LogP contribution in [0, 0.1) is 22.2 Å². The maximum absolute atomic E-state index is 10.9. The quantitative estimate of drug-likeness (QED) is 0.589. The van der Waals surface area contributed by atoms with Crippen molar-refractivity contribution in [2.75, 3.05) is 13.1 Å². The molecule has 0 atom stereocenters. The van der Waals surface area contributed by atoms with Gasteiger partial charge >= 0.3 is 0 Å². The van der Waals surface area contributed by atoms with Crippen molar-refractivity contribution in [1.29, 1.82) is 0 Å². The Bertz CT molecular complexity index is 308. The van der Waals surface area contributed by atoms with Gasteiger partial charge in [0.2, 0.25) is 0 Å². The number of piperidine rings is 1. The fraction of sp³-hybridized carbons (Fsp3) is 1.00. The Balaban J connectivity index is 1.77. The lowest BCUT2D eigenvalue weighted by atomic mass is 9.71. The predicted molar refractivity (Wildman–Crippen MR) is 76.4 cm³/mol. The van der Waals surface area contributed by atoms with E-state index in [-0.39, 0.29) is 4.75 Å². The van der Waals surface area contributed by atoms with Gasteiger partial charge in [-0.2, -0.15) is 0 Å². The van der Waals surface area contributed by atoms with Crippen molar-refractivity contribution in [1.82, 2.24) is 5.32 Å². The van der Waals surface area contributed by atoms with Crippen LogP contribution in [0.15, 0.2) is 4.58 Å². The molecule has 2 aliphatic carbocycles. The molecule has 0 aromatic heterocycles. The fourth-order valence-corrected chi connectivity index (χ4v) is 5.21. The van der Waals surface area contributed by atoms with Gasteiger partial charge in [-0.25, -0.2) is 0 Å². The summed E-state index contributed by atoms with van der Waals surface area (Å²) >= 11 is 1.41. The molecule has 3 nitrogen and oxygen atoms in total. The minimum absolute atomic E-state index is 0.202. The topological polar surface area (TPSA) is 41.5 Å². The van der Waals surface area contributed by atoms with Crippen molar-refractivity contribution < 1.29 is 0 Å². The number of nitrogens with one attached hydrogen (secondary N) is 1. The molecule has 4 heteroatoms. The average Bonchev–Trinajstić information content (AvgIpc) is 3.18. The highest BCUT2D eigenvalue weighted by molar-refractivity contribution is 7.99. The second-order valence-electron chi connectivity index (χ2n) is 6.91. The zero-order valence-corrected chi connectivity index (χ0v) is 12.1. The fourth-order valence-electron chi connectivity index (χ4n) is 3.89. The normalized spacial score (nSPS) is 28.1. The molecule has 1 saturated heterocycles. The minimum atomic E-state index is 0.202. The lowest BCUT2D eigenvalue weighted by Crippen LogP contribution is -2.42. The predicted octanol–water partition coefficient (Wildman–Crippen LogP) is 3.74. The Labute approximate surface area is 114 Å². The maximum atomic E-state index is 10.9. The van der Waals surface area contributed by atoms with Crippen LogP contribution < -0.4 is 5.32 Å². The highest BCUT2D eigenvalue weighted by atomic mass is 32.2. The molecule has 0 aromatic rings. The monoisotopic (exact) mass is 268 g/mol. The van der Waals surface area contributed by atoms with Crippen molar-refractivity contribution in [3.63, 3.8) is 0 Å². The molecule has 2 saturated carbocycles. The minimum Gasteiger partial charge on any atom is -0.317 e. The maximum Gasteiger partial charge on any atom is 0.0473 e. The van der Waals surface area contributed by atoms with Crippen LogP contribution in [-0.2, 0) is 0 Å². The molecule has 0 bridgehead atoms. The van der Waals surface area contributed by atoms with Gasteiger partial charge in [0, 0.05) is 21.3 Å². The molecule has 0 spiro atoms. The third-order valence-corrected chi connectivity index (χ3v) is 6.48. The molecule has 1 N–H and O–H groups in total. The zero-order valence-electron chi connectivity index (χ0n) is 11.3. The molecule has 0 amide bonds. The molecule has 0 unspecified atom stereocenters. The van der Waals surface area contributed by atoms with Crippen LogP contribution in [0.2, 0.25) is 0 Å². The second kappa shape index (κ2) is 4.78. The summed E-state index contributed by atoms with van der Waals surface area (Å²) < 4.78 is 3.48. The highest BCUT2D eigenvalue weighted by Crippen LogP contribution is 2.63. The van der Waals surface area contributed by atoms with Crippen molar-refractivity contribution in [2.24, 2.45) is 21.8 Å². The third kappa shape index (κ3) is 2.46. The van der Waals surface area contributed by atoms with E-state index in [9.17, 15) is 4.91 Å². The summed E-state index contributed by atoms with van der Waals surface area (Å²) in [5.74, 6) is 1.55. The Kier molecular flexibility index (Phi) is 3.43. The second-order valence-corrected chi connectivity index (χ2v) is 8.00. The van der Waals surface area contributed by atoms with Crippen LogP contribution >= 0.6 is 11.9 Å². The first-order chi connectivity index (χ1) is 8.69. The molecule has 0 radical (unpaired) electrons. The van der Waals surface area contributed by atoms with Gasteiger partial charge in [0.15, 0.2) is 0 Å². The molecule has 1 aliphatic heterocycles. The summed E-state index contributed by atoms with van der Waals surface area (Å²) in [4.78, 5) is 10.9. The highest BCUT2D eigenvalue weighted by Gasteiger charge is 2.57. The first-order valence-corrected chi connectivity index (χ1v) is 8.17. The van der Waals surface area contributed by atoms with Gasteiger partial charge in [-0.1, -0.05) is 6.92 Å². The van der Waals surface area contributed by atoms with Crippen LogP contribution in [0.3, 0.4) is 0 Å². The van der Waals surface area contributed by atoms with Crippen LogP contribution in [0.5, 0.6) is 0 Å².